The summed E-state index contributed by atoms with van der Waals surface area (Å²) in [6.07, 6.45) is 0.162. The molecule has 1 heterocycles. The van der Waals surface area contributed by atoms with E-state index in [9.17, 15) is 9.18 Å². The Kier molecular flexibility index (Phi) is 5.66. The fourth-order valence-corrected chi connectivity index (χ4v) is 3.19. The number of anilines is 2. The van der Waals surface area contributed by atoms with Crippen molar-refractivity contribution in [3.8, 4) is 0 Å². The first-order valence-electron chi connectivity index (χ1n) is 8.76. The van der Waals surface area contributed by atoms with E-state index in [-0.39, 0.29) is 18.1 Å². The van der Waals surface area contributed by atoms with Gasteiger partial charge >= 0.3 is 0 Å². The van der Waals surface area contributed by atoms with E-state index in [0.29, 0.717) is 5.56 Å². The highest BCUT2D eigenvalue weighted by Gasteiger charge is 2.18. The molecule has 0 radical (unpaired) electrons. The van der Waals surface area contributed by atoms with Gasteiger partial charge in [-0.1, -0.05) is 31.2 Å². The van der Waals surface area contributed by atoms with Crippen molar-refractivity contribution < 1.29 is 9.18 Å². The van der Waals surface area contributed by atoms with Crippen molar-refractivity contribution in [3.05, 3.63) is 59.9 Å². The summed E-state index contributed by atoms with van der Waals surface area (Å²) in [6.45, 7) is 7.20. The van der Waals surface area contributed by atoms with E-state index in [2.05, 4.69) is 22.0 Å². The molecule has 0 bridgehead atoms. The Labute approximate surface area is 148 Å². The van der Waals surface area contributed by atoms with E-state index in [4.69, 9.17) is 0 Å². The van der Waals surface area contributed by atoms with Crippen LogP contribution in [-0.4, -0.2) is 43.5 Å². The van der Waals surface area contributed by atoms with E-state index in [1.165, 1.54) is 12.1 Å². The summed E-state index contributed by atoms with van der Waals surface area (Å²) in [5.74, 6) is -0.454. The van der Waals surface area contributed by atoms with Gasteiger partial charge in [-0.25, -0.2) is 4.39 Å². The molecule has 0 unspecified atom stereocenters. The predicted octanol–water partition coefficient (Wildman–Crippen LogP) is 3.15. The second-order valence-electron chi connectivity index (χ2n) is 6.29. The number of hydrogen-bond acceptors (Lipinski definition) is 3. The SMILES string of the molecule is CCN1CCN(c2ccccc2NC(=O)Cc2cccc(F)c2)CC1. The number of para-hydroxylation sites is 2. The monoisotopic (exact) mass is 341 g/mol. The second kappa shape index (κ2) is 8.12. The van der Waals surface area contributed by atoms with E-state index < -0.39 is 0 Å². The summed E-state index contributed by atoms with van der Waals surface area (Å²) in [4.78, 5) is 17.1. The van der Waals surface area contributed by atoms with E-state index in [0.717, 1.165) is 44.1 Å². The topological polar surface area (TPSA) is 35.6 Å². The molecule has 4 nitrogen and oxygen atoms in total. The molecule has 0 aromatic heterocycles. The molecule has 2 aromatic rings. The van der Waals surface area contributed by atoms with Crippen molar-refractivity contribution in [2.24, 2.45) is 0 Å². The lowest BCUT2D eigenvalue weighted by molar-refractivity contribution is -0.115. The van der Waals surface area contributed by atoms with Crippen molar-refractivity contribution in [1.82, 2.24) is 4.90 Å². The molecule has 0 atom stereocenters. The Bertz CT molecular complexity index is 726. The zero-order valence-corrected chi connectivity index (χ0v) is 14.5. The van der Waals surface area contributed by atoms with Gasteiger partial charge in [-0.2, -0.15) is 0 Å². The van der Waals surface area contributed by atoms with Crippen LogP contribution in [0.4, 0.5) is 15.8 Å². The summed E-state index contributed by atoms with van der Waals surface area (Å²) in [7, 11) is 0. The van der Waals surface area contributed by atoms with Crippen molar-refractivity contribution in [2.75, 3.05) is 42.9 Å². The number of amides is 1. The molecule has 2 aromatic carbocycles. The molecule has 1 fully saturated rings. The zero-order valence-electron chi connectivity index (χ0n) is 14.5. The van der Waals surface area contributed by atoms with Crippen LogP contribution < -0.4 is 10.2 Å². The minimum atomic E-state index is -0.320. The summed E-state index contributed by atoms with van der Waals surface area (Å²) in [5, 5.41) is 2.98. The Morgan fingerprint density at radius 2 is 1.84 bits per heavy atom. The number of halogens is 1. The Morgan fingerprint density at radius 3 is 2.56 bits per heavy atom. The molecule has 3 rings (SSSR count). The number of nitrogens with one attached hydrogen (secondary N) is 1. The number of rotatable bonds is 5. The molecular weight excluding hydrogens is 317 g/mol. The third-order valence-electron chi connectivity index (χ3n) is 4.59. The van der Waals surface area contributed by atoms with Gasteiger partial charge in [0, 0.05) is 26.2 Å². The quantitative estimate of drug-likeness (QED) is 0.907. The van der Waals surface area contributed by atoms with Gasteiger partial charge in [-0.15, -0.1) is 0 Å². The normalized spacial score (nSPS) is 15.2. The molecule has 0 spiro atoms. The van der Waals surface area contributed by atoms with Crippen LogP contribution in [0.5, 0.6) is 0 Å². The van der Waals surface area contributed by atoms with Gasteiger partial charge in [-0.05, 0) is 36.4 Å². The van der Waals surface area contributed by atoms with Gasteiger partial charge in [0.25, 0.3) is 0 Å². The van der Waals surface area contributed by atoms with Crippen LogP contribution in [0.3, 0.4) is 0 Å². The highest BCUT2D eigenvalue weighted by atomic mass is 19.1. The summed E-state index contributed by atoms with van der Waals surface area (Å²) < 4.78 is 13.3. The van der Waals surface area contributed by atoms with Crippen LogP contribution in [-0.2, 0) is 11.2 Å². The summed E-state index contributed by atoms with van der Waals surface area (Å²) in [5.41, 5.74) is 2.53. The number of carbonyl (C=O) groups is 1. The standard InChI is InChI=1S/C20H24FN3O/c1-2-23-10-12-24(13-11-23)19-9-4-3-8-18(19)22-20(25)15-16-6-5-7-17(21)14-16/h3-9,14H,2,10-13,15H2,1H3,(H,22,25). The summed E-state index contributed by atoms with van der Waals surface area (Å²) >= 11 is 0. The van der Waals surface area contributed by atoms with Gasteiger partial charge in [0.15, 0.2) is 0 Å². The van der Waals surface area contributed by atoms with Gasteiger partial charge in [-0.3, -0.25) is 4.79 Å². The molecule has 1 N–H and O–H groups in total. The van der Waals surface area contributed by atoms with Crippen LogP contribution >= 0.6 is 0 Å². The Morgan fingerprint density at radius 1 is 1.08 bits per heavy atom. The van der Waals surface area contributed by atoms with E-state index in [1.807, 2.05) is 24.3 Å². The first-order valence-corrected chi connectivity index (χ1v) is 8.76. The van der Waals surface area contributed by atoms with Crippen LogP contribution in [0.15, 0.2) is 48.5 Å². The fraction of sp³-hybridized carbons (Fsp3) is 0.350. The molecule has 0 saturated carbocycles. The maximum atomic E-state index is 13.3. The van der Waals surface area contributed by atoms with Crippen LogP contribution in [0.25, 0.3) is 0 Å². The fourth-order valence-electron chi connectivity index (χ4n) is 3.19. The average Bonchev–Trinajstić information content (AvgIpc) is 2.62. The van der Waals surface area contributed by atoms with Crippen LogP contribution in [0.2, 0.25) is 0 Å². The highest BCUT2D eigenvalue weighted by molar-refractivity contribution is 5.95. The van der Waals surface area contributed by atoms with E-state index in [1.54, 1.807) is 12.1 Å². The second-order valence-corrected chi connectivity index (χ2v) is 6.29. The molecule has 5 heteroatoms. The maximum Gasteiger partial charge on any atom is 0.228 e. The number of piperazine rings is 1. The summed E-state index contributed by atoms with van der Waals surface area (Å²) in [6, 6.07) is 14.0. The van der Waals surface area contributed by atoms with Gasteiger partial charge in [0.2, 0.25) is 5.91 Å². The number of carbonyl (C=O) groups excluding carboxylic acids is 1. The molecule has 0 aliphatic carbocycles. The van der Waals surface area contributed by atoms with Crippen molar-refractivity contribution in [1.29, 1.82) is 0 Å². The lowest BCUT2D eigenvalue weighted by Gasteiger charge is -2.36. The largest absolute Gasteiger partial charge is 0.367 e. The first-order chi connectivity index (χ1) is 12.2. The predicted molar refractivity (Wildman–Crippen MR) is 99.5 cm³/mol. The highest BCUT2D eigenvalue weighted by Crippen LogP contribution is 2.26. The van der Waals surface area contributed by atoms with Gasteiger partial charge in [0.05, 0.1) is 17.8 Å². The lowest BCUT2D eigenvalue weighted by Crippen LogP contribution is -2.46. The smallest absolute Gasteiger partial charge is 0.228 e. The third kappa shape index (κ3) is 4.57. The molecule has 25 heavy (non-hydrogen) atoms. The van der Waals surface area contributed by atoms with Crippen molar-refractivity contribution in [2.45, 2.75) is 13.3 Å². The molecule has 132 valence electrons. The number of hydrogen-bond donors (Lipinski definition) is 1. The molecular formula is C20H24FN3O. The molecule has 1 aliphatic rings. The Balaban J connectivity index is 1.67. The molecule has 1 saturated heterocycles. The van der Waals surface area contributed by atoms with Crippen LogP contribution in [0.1, 0.15) is 12.5 Å². The lowest BCUT2D eigenvalue weighted by atomic mass is 10.1. The minimum Gasteiger partial charge on any atom is -0.367 e. The van der Waals surface area contributed by atoms with Gasteiger partial charge in [0.1, 0.15) is 5.82 Å². The molecule has 1 aliphatic heterocycles. The van der Waals surface area contributed by atoms with Gasteiger partial charge < -0.3 is 15.1 Å². The minimum absolute atomic E-state index is 0.134. The number of nitrogens with zero attached hydrogens (tertiary/aromatic N) is 2. The average molecular weight is 341 g/mol. The van der Waals surface area contributed by atoms with Crippen molar-refractivity contribution >= 4 is 17.3 Å². The zero-order chi connectivity index (χ0) is 17.6. The number of likely N-dealkylation sites (N-methyl/N-ethyl adjacent to an activating group) is 1. The van der Waals surface area contributed by atoms with Crippen molar-refractivity contribution in [3.63, 3.8) is 0 Å². The first kappa shape index (κ1) is 17.4. The van der Waals surface area contributed by atoms with Crippen LogP contribution in [0, 0.1) is 5.82 Å². The molecule has 1 amide bonds. The number of benzene rings is 2. The third-order valence-corrected chi connectivity index (χ3v) is 4.59. The Hall–Kier alpha value is -2.40. The van der Waals surface area contributed by atoms with E-state index >= 15 is 0 Å². The maximum absolute atomic E-state index is 13.3.